The van der Waals surface area contributed by atoms with Crippen molar-refractivity contribution in [2.24, 2.45) is 0 Å². The maximum Gasteiger partial charge on any atom is 0.390 e. The van der Waals surface area contributed by atoms with Crippen LogP contribution in [0.2, 0.25) is 0 Å². The van der Waals surface area contributed by atoms with E-state index in [-0.39, 0.29) is 11.5 Å². The van der Waals surface area contributed by atoms with Gasteiger partial charge in [-0.15, -0.1) is 0 Å². The van der Waals surface area contributed by atoms with Crippen molar-refractivity contribution in [3.8, 4) is 0 Å². The zero-order chi connectivity index (χ0) is 16.4. The molecular formula is C15H33O4S2+. The number of carbonyl (C=O) groups excluding carboxylic acids is 1. The van der Waals surface area contributed by atoms with Crippen LogP contribution < -0.4 is 0 Å². The molecule has 0 aliphatic rings. The molecule has 0 rings (SSSR count). The fourth-order valence-corrected chi connectivity index (χ4v) is 8.74. The van der Waals surface area contributed by atoms with Gasteiger partial charge in [-0.1, -0.05) is 40.0 Å². The van der Waals surface area contributed by atoms with Crippen LogP contribution in [-0.4, -0.2) is 40.8 Å². The van der Waals surface area contributed by atoms with E-state index in [0.29, 0.717) is 12.2 Å². The van der Waals surface area contributed by atoms with E-state index >= 15 is 0 Å². The Balaban J connectivity index is 5.15. The molecule has 1 N–H and O–H groups in total. The molecule has 0 aromatic heterocycles. The lowest BCUT2D eigenvalue weighted by molar-refractivity contribution is -0.114. The van der Waals surface area contributed by atoms with Crippen LogP contribution in [0.1, 0.15) is 66.2 Å². The normalized spacial score (nSPS) is 13.3. The van der Waals surface area contributed by atoms with Gasteiger partial charge in [0.25, 0.3) is 0 Å². The van der Waals surface area contributed by atoms with Gasteiger partial charge in [0.05, 0.1) is 5.75 Å². The molecule has 0 saturated heterocycles. The van der Waals surface area contributed by atoms with E-state index in [1.165, 1.54) is 0 Å². The van der Waals surface area contributed by atoms with Crippen molar-refractivity contribution in [2.75, 3.05) is 23.0 Å². The molecule has 0 saturated carbocycles. The molecular weight excluding hydrogens is 308 g/mol. The molecule has 0 radical (unpaired) electrons. The molecule has 21 heavy (non-hydrogen) atoms. The first-order chi connectivity index (χ1) is 9.81. The number of ketones is 1. The largest absolute Gasteiger partial charge is 0.390 e. The molecule has 4 nitrogen and oxygen atoms in total. The summed E-state index contributed by atoms with van der Waals surface area (Å²) in [6.07, 6.45) is 5.38. The highest BCUT2D eigenvalue weighted by atomic mass is 32.3. The van der Waals surface area contributed by atoms with Gasteiger partial charge >= 0.3 is 10.1 Å². The zero-order valence-electron chi connectivity index (χ0n) is 14.1. The van der Waals surface area contributed by atoms with Gasteiger partial charge in [-0.3, -0.25) is 8.42 Å². The summed E-state index contributed by atoms with van der Waals surface area (Å²) in [7, 11) is -5.12. The highest BCUT2D eigenvalue weighted by Gasteiger charge is 2.36. The van der Waals surface area contributed by atoms with E-state index in [9.17, 15) is 13.2 Å². The molecule has 0 aromatic carbocycles. The predicted molar refractivity (Wildman–Crippen MR) is 94.0 cm³/mol. The summed E-state index contributed by atoms with van der Waals surface area (Å²) in [4.78, 5) is 11.7. The van der Waals surface area contributed by atoms with Crippen molar-refractivity contribution in [3.05, 3.63) is 0 Å². The second-order valence-electron chi connectivity index (χ2n) is 5.68. The molecule has 0 aliphatic heterocycles. The quantitative estimate of drug-likeness (QED) is 0.374. The van der Waals surface area contributed by atoms with Crippen molar-refractivity contribution in [1.29, 1.82) is 0 Å². The molecule has 6 heteroatoms. The average molecular weight is 342 g/mol. The van der Waals surface area contributed by atoms with Gasteiger partial charge in [0.2, 0.25) is 0 Å². The minimum Gasteiger partial charge on any atom is -0.299 e. The molecule has 0 atom stereocenters. The molecule has 0 spiro atoms. The third kappa shape index (κ3) is 9.53. The van der Waals surface area contributed by atoms with Crippen LogP contribution >= 0.6 is 10.3 Å². The summed E-state index contributed by atoms with van der Waals surface area (Å²) in [6.45, 7) is 7.69. The number of hydrogen-bond donors (Lipinski definition) is 0. The molecule has 0 heterocycles. The van der Waals surface area contributed by atoms with E-state index in [4.69, 9.17) is 0 Å². The standard InChI is InChI=1S/C15H32O4S2/c1-5-8-11-20(12-9-6-2,14-15(4)16)19-21(17,18)13-10-7-3/h5-14H2,1-4H3/p+1. The van der Waals surface area contributed by atoms with Crippen LogP contribution in [0.25, 0.3) is 0 Å². The first kappa shape index (κ1) is 20.9. The SMILES string of the molecule is CCCCS(CCCC)(CC(C)=O)[OH+]S(=O)(=O)CCCC. The van der Waals surface area contributed by atoms with Crippen molar-refractivity contribution in [3.63, 3.8) is 0 Å². The molecule has 0 unspecified atom stereocenters. The minimum atomic E-state index is -3.40. The topological polar surface area (TPSA) is 64.0 Å². The summed E-state index contributed by atoms with van der Waals surface area (Å²) in [5.41, 5.74) is 0. The van der Waals surface area contributed by atoms with E-state index < -0.39 is 20.4 Å². The summed E-state index contributed by atoms with van der Waals surface area (Å²) in [5, 5.41) is 0. The highest BCUT2D eigenvalue weighted by Crippen LogP contribution is 2.50. The van der Waals surface area contributed by atoms with Crippen molar-refractivity contribution >= 4 is 26.2 Å². The van der Waals surface area contributed by atoms with E-state index in [1.807, 2.05) is 6.92 Å². The van der Waals surface area contributed by atoms with Crippen molar-refractivity contribution in [1.82, 2.24) is 0 Å². The van der Waals surface area contributed by atoms with Gasteiger partial charge in [-0.05, 0) is 36.5 Å². The Hall–Kier alpha value is -0.0700. The van der Waals surface area contributed by atoms with Gasteiger partial charge in [-0.2, -0.15) is 8.42 Å². The summed E-state index contributed by atoms with van der Waals surface area (Å²) in [6, 6.07) is 0. The maximum absolute atomic E-state index is 12.3. The molecule has 0 bridgehead atoms. The number of Topliss-reactive ketones (excluding diaryl/α,β-unsaturated/α-hetero) is 1. The number of unbranched alkanes of at least 4 members (excludes halogenated alkanes) is 3. The van der Waals surface area contributed by atoms with E-state index in [0.717, 1.165) is 43.6 Å². The molecule has 0 aliphatic carbocycles. The van der Waals surface area contributed by atoms with Crippen LogP contribution in [0.3, 0.4) is 0 Å². The fraction of sp³-hybridized carbons (Fsp3) is 0.933. The second kappa shape index (κ2) is 10.6. The lowest BCUT2D eigenvalue weighted by Gasteiger charge is -2.33. The Kier molecular flexibility index (Phi) is 10.6. The van der Waals surface area contributed by atoms with Crippen LogP contribution in [-0.2, 0) is 14.9 Å². The first-order valence-corrected chi connectivity index (χ1v) is 11.7. The monoisotopic (exact) mass is 341 g/mol. The summed E-state index contributed by atoms with van der Waals surface area (Å²) < 4.78 is 28.8. The van der Waals surface area contributed by atoms with Crippen molar-refractivity contribution < 1.29 is 16.8 Å². The number of rotatable bonds is 13. The zero-order valence-corrected chi connectivity index (χ0v) is 15.7. The minimum absolute atomic E-state index is 0.0617. The van der Waals surface area contributed by atoms with Crippen LogP contribution in [0.5, 0.6) is 0 Å². The molecule has 0 amide bonds. The Morgan fingerprint density at radius 2 is 1.29 bits per heavy atom. The van der Waals surface area contributed by atoms with Crippen LogP contribution in [0.4, 0.5) is 0 Å². The molecule has 0 aromatic rings. The van der Waals surface area contributed by atoms with Gasteiger partial charge < -0.3 is 0 Å². The maximum atomic E-state index is 12.3. The Morgan fingerprint density at radius 1 is 0.857 bits per heavy atom. The fourth-order valence-electron chi connectivity index (χ4n) is 2.16. The molecule has 128 valence electrons. The Bertz CT molecular complexity index is 382. The van der Waals surface area contributed by atoms with Gasteiger partial charge in [0.1, 0.15) is 11.5 Å². The highest BCUT2D eigenvalue weighted by molar-refractivity contribution is 8.32. The Morgan fingerprint density at radius 3 is 1.67 bits per heavy atom. The lowest BCUT2D eigenvalue weighted by Crippen LogP contribution is -2.28. The average Bonchev–Trinajstić information content (AvgIpc) is 2.39. The first-order valence-electron chi connectivity index (χ1n) is 8.03. The molecule has 0 fully saturated rings. The van der Waals surface area contributed by atoms with E-state index in [1.54, 1.807) is 6.92 Å². The third-order valence-electron chi connectivity index (χ3n) is 3.26. The summed E-state index contributed by atoms with van der Waals surface area (Å²) in [5.74, 6) is 2.06. The predicted octanol–water partition coefficient (Wildman–Crippen LogP) is 4.12. The van der Waals surface area contributed by atoms with Gasteiger partial charge in [0.15, 0.2) is 0 Å². The number of hydrogen-bond acceptors (Lipinski definition) is 3. The van der Waals surface area contributed by atoms with Gasteiger partial charge in [-0.25, -0.2) is 0 Å². The smallest absolute Gasteiger partial charge is 0.299 e. The van der Waals surface area contributed by atoms with Crippen molar-refractivity contribution in [2.45, 2.75) is 66.2 Å². The van der Waals surface area contributed by atoms with Crippen LogP contribution in [0, 0.1) is 0 Å². The van der Waals surface area contributed by atoms with Crippen LogP contribution in [0.15, 0.2) is 0 Å². The summed E-state index contributed by atoms with van der Waals surface area (Å²) >= 11 is 0. The number of carbonyl (C=O) groups is 1. The lowest BCUT2D eigenvalue weighted by atomic mass is 10.4. The van der Waals surface area contributed by atoms with E-state index in [2.05, 4.69) is 17.5 Å². The van der Waals surface area contributed by atoms with Gasteiger partial charge in [0, 0.05) is 11.5 Å². The second-order valence-corrected chi connectivity index (χ2v) is 10.9. The Labute approximate surface area is 132 Å². The third-order valence-corrected chi connectivity index (χ3v) is 9.27.